The summed E-state index contributed by atoms with van der Waals surface area (Å²) in [6.45, 7) is 4.62. The van der Waals surface area contributed by atoms with Crippen LogP contribution in [0, 0.1) is 0 Å². The molecule has 88 valence electrons. The van der Waals surface area contributed by atoms with Crippen LogP contribution in [0.15, 0.2) is 11.6 Å². The summed E-state index contributed by atoms with van der Waals surface area (Å²) >= 11 is 1.83. The van der Waals surface area contributed by atoms with E-state index < -0.39 is 5.97 Å². The van der Waals surface area contributed by atoms with Gasteiger partial charge < -0.3 is 10.4 Å². The minimum Gasteiger partial charge on any atom is -0.478 e. The molecule has 0 rings (SSSR count). The second kappa shape index (κ2) is 8.80. The topological polar surface area (TPSA) is 49.3 Å². The van der Waals surface area contributed by atoms with Crippen LogP contribution in [0.2, 0.25) is 0 Å². The van der Waals surface area contributed by atoms with E-state index in [9.17, 15) is 4.79 Å². The zero-order valence-corrected chi connectivity index (χ0v) is 10.6. The Kier molecular flexibility index (Phi) is 8.52. The molecule has 0 aromatic rings. The van der Waals surface area contributed by atoms with Gasteiger partial charge in [-0.3, -0.25) is 0 Å². The molecule has 0 heterocycles. The summed E-state index contributed by atoms with van der Waals surface area (Å²) in [5.74, 6) is 0.327. The van der Waals surface area contributed by atoms with E-state index >= 15 is 0 Å². The first-order valence-electron chi connectivity index (χ1n) is 5.26. The maximum absolute atomic E-state index is 10.7. The average Bonchev–Trinajstić information content (AvgIpc) is 2.20. The maximum Gasteiger partial charge on any atom is 0.331 e. The first-order valence-corrected chi connectivity index (χ1v) is 6.65. The van der Waals surface area contributed by atoms with E-state index in [4.69, 9.17) is 5.11 Å². The van der Waals surface area contributed by atoms with Gasteiger partial charge in [0, 0.05) is 18.2 Å². The summed E-state index contributed by atoms with van der Waals surface area (Å²) < 4.78 is 0. The van der Waals surface area contributed by atoms with Gasteiger partial charge in [0.25, 0.3) is 0 Å². The van der Waals surface area contributed by atoms with Crippen LogP contribution in [0.5, 0.6) is 0 Å². The van der Waals surface area contributed by atoms with Crippen LogP contribution in [-0.2, 0) is 4.79 Å². The Morgan fingerprint density at radius 3 is 2.73 bits per heavy atom. The second-order valence-electron chi connectivity index (χ2n) is 3.48. The molecule has 0 aliphatic heterocycles. The molecule has 0 radical (unpaired) electrons. The van der Waals surface area contributed by atoms with Gasteiger partial charge in [0.05, 0.1) is 0 Å². The van der Waals surface area contributed by atoms with Crippen molar-refractivity contribution in [1.82, 2.24) is 5.32 Å². The lowest BCUT2D eigenvalue weighted by Crippen LogP contribution is -2.27. The lowest BCUT2D eigenvalue weighted by Gasteiger charge is -2.11. The van der Waals surface area contributed by atoms with Crippen LogP contribution in [0.25, 0.3) is 0 Å². The van der Waals surface area contributed by atoms with Gasteiger partial charge in [-0.25, -0.2) is 4.79 Å². The quantitative estimate of drug-likeness (QED) is 0.628. The van der Waals surface area contributed by atoms with Crippen LogP contribution in [-0.4, -0.2) is 35.7 Å². The van der Waals surface area contributed by atoms with Crippen molar-refractivity contribution in [2.45, 2.75) is 32.7 Å². The molecule has 0 saturated heterocycles. The summed E-state index contributed by atoms with van der Waals surface area (Å²) in [6, 6.07) is 0.445. The molecule has 2 N–H and O–H groups in total. The monoisotopic (exact) mass is 231 g/mol. The van der Waals surface area contributed by atoms with Gasteiger partial charge in [-0.05, 0) is 31.8 Å². The zero-order valence-electron chi connectivity index (χ0n) is 9.75. The largest absolute Gasteiger partial charge is 0.478 e. The Morgan fingerprint density at radius 1 is 1.60 bits per heavy atom. The molecule has 0 aromatic heterocycles. The maximum atomic E-state index is 10.7. The molecule has 15 heavy (non-hydrogen) atoms. The van der Waals surface area contributed by atoms with E-state index in [-0.39, 0.29) is 0 Å². The van der Waals surface area contributed by atoms with E-state index in [1.54, 1.807) is 6.08 Å². The number of hydrogen-bond donors (Lipinski definition) is 2. The van der Waals surface area contributed by atoms with Crippen molar-refractivity contribution < 1.29 is 9.90 Å². The fourth-order valence-corrected chi connectivity index (χ4v) is 1.75. The first kappa shape index (κ1) is 14.5. The van der Waals surface area contributed by atoms with Crippen molar-refractivity contribution in [2.75, 3.05) is 18.6 Å². The molecule has 0 aliphatic carbocycles. The number of nitrogens with one attached hydrogen (secondary N) is 1. The molecule has 0 amide bonds. The van der Waals surface area contributed by atoms with Crippen molar-refractivity contribution >= 4 is 17.7 Å². The molecule has 0 bridgehead atoms. The van der Waals surface area contributed by atoms with E-state index in [1.807, 2.05) is 18.7 Å². The Hall–Kier alpha value is -0.480. The minimum absolute atomic E-state index is 0.445. The number of carboxylic acid groups (broad SMARTS) is 1. The van der Waals surface area contributed by atoms with Gasteiger partial charge in [0.1, 0.15) is 0 Å². The Bertz CT molecular complexity index is 217. The molecule has 1 unspecified atom stereocenters. The highest BCUT2D eigenvalue weighted by atomic mass is 32.2. The third kappa shape index (κ3) is 7.45. The Morgan fingerprint density at radius 2 is 2.27 bits per heavy atom. The normalized spacial score (nSPS) is 13.9. The molecule has 0 spiro atoms. The standard InChI is InChI=1S/C11H21NO2S/c1-4-10(11(13)14)5-7-12-9(2)6-8-15-3/h5,9,12H,4,6-8H2,1-3H3,(H,13,14). The predicted octanol–water partition coefficient (Wildman–Crippen LogP) is 2.14. The summed E-state index contributed by atoms with van der Waals surface area (Å²) in [5.41, 5.74) is 0.486. The van der Waals surface area contributed by atoms with Crippen LogP contribution < -0.4 is 5.32 Å². The van der Waals surface area contributed by atoms with Crippen LogP contribution >= 0.6 is 11.8 Å². The first-order chi connectivity index (χ1) is 7.11. The average molecular weight is 231 g/mol. The van der Waals surface area contributed by atoms with E-state index in [1.165, 1.54) is 0 Å². The molecular weight excluding hydrogens is 210 g/mol. The number of rotatable bonds is 8. The van der Waals surface area contributed by atoms with Gasteiger partial charge in [-0.2, -0.15) is 11.8 Å². The number of thioether (sulfide) groups is 1. The Balaban J connectivity index is 3.79. The molecule has 0 aromatic carbocycles. The van der Waals surface area contributed by atoms with Crippen molar-refractivity contribution in [3.63, 3.8) is 0 Å². The third-order valence-corrected chi connectivity index (χ3v) is 2.87. The van der Waals surface area contributed by atoms with E-state index in [0.29, 0.717) is 24.6 Å². The van der Waals surface area contributed by atoms with Crippen molar-refractivity contribution in [1.29, 1.82) is 0 Å². The van der Waals surface area contributed by atoms with Gasteiger partial charge in [0.15, 0.2) is 0 Å². The van der Waals surface area contributed by atoms with Gasteiger partial charge >= 0.3 is 5.97 Å². The molecular formula is C11H21NO2S. The zero-order chi connectivity index (χ0) is 11.7. The number of hydrogen-bond acceptors (Lipinski definition) is 3. The lowest BCUT2D eigenvalue weighted by atomic mass is 10.2. The highest BCUT2D eigenvalue weighted by Crippen LogP contribution is 2.01. The summed E-state index contributed by atoms with van der Waals surface area (Å²) in [5, 5.41) is 12.1. The van der Waals surface area contributed by atoms with Gasteiger partial charge in [-0.1, -0.05) is 13.0 Å². The fraction of sp³-hybridized carbons (Fsp3) is 0.727. The highest BCUT2D eigenvalue weighted by Gasteiger charge is 2.03. The number of carboxylic acids is 1. The van der Waals surface area contributed by atoms with Gasteiger partial charge in [-0.15, -0.1) is 0 Å². The van der Waals surface area contributed by atoms with Crippen molar-refractivity contribution in [2.24, 2.45) is 0 Å². The third-order valence-electron chi connectivity index (χ3n) is 2.23. The molecule has 1 atom stereocenters. The summed E-state index contributed by atoms with van der Waals surface area (Å²) in [4.78, 5) is 10.7. The van der Waals surface area contributed by atoms with Gasteiger partial charge in [0.2, 0.25) is 0 Å². The SMILES string of the molecule is CCC(=CCNC(C)CCSC)C(=O)O. The molecule has 0 fully saturated rings. The second-order valence-corrected chi connectivity index (χ2v) is 4.46. The van der Waals surface area contributed by atoms with Crippen LogP contribution in [0.3, 0.4) is 0 Å². The predicted molar refractivity (Wildman–Crippen MR) is 66.5 cm³/mol. The number of aliphatic carboxylic acids is 1. The minimum atomic E-state index is -0.809. The highest BCUT2D eigenvalue weighted by molar-refractivity contribution is 7.98. The summed E-state index contributed by atoms with van der Waals surface area (Å²) in [6.07, 6.45) is 5.55. The lowest BCUT2D eigenvalue weighted by molar-refractivity contribution is -0.132. The molecule has 4 heteroatoms. The molecule has 0 saturated carbocycles. The van der Waals surface area contributed by atoms with Crippen molar-refractivity contribution in [3.8, 4) is 0 Å². The van der Waals surface area contributed by atoms with Crippen LogP contribution in [0.1, 0.15) is 26.7 Å². The molecule has 3 nitrogen and oxygen atoms in total. The van der Waals surface area contributed by atoms with Crippen LogP contribution in [0.4, 0.5) is 0 Å². The fourth-order valence-electron chi connectivity index (χ4n) is 1.16. The van der Waals surface area contributed by atoms with E-state index in [0.717, 1.165) is 12.2 Å². The van der Waals surface area contributed by atoms with Crippen molar-refractivity contribution in [3.05, 3.63) is 11.6 Å². The smallest absolute Gasteiger partial charge is 0.331 e. The Labute approximate surface area is 96.3 Å². The number of carbonyl (C=O) groups is 1. The summed E-state index contributed by atoms with van der Waals surface area (Å²) in [7, 11) is 0. The molecule has 0 aliphatic rings. The van der Waals surface area contributed by atoms with E-state index in [2.05, 4.69) is 18.5 Å².